The van der Waals surface area contributed by atoms with Crippen LogP contribution in [0, 0.1) is 6.92 Å². The Morgan fingerprint density at radius 1 is 1.38 bits per heavy atom. The largest absolute Gasteiger partial charge is 0.461 e. The van der Waals surface area contributed by atoms with Crippen LogP contribution in [0.1, 0.15) is 53.3 Å². The van der Waals surface area contributed by atoms with Crippen LogP contribution in [-0.4, -0.2) is 62.3 Å². The first-order valence-corrected chi connectivity index (χ1v) is 10.0. The molecule has 0 spiro atoms. The Balaban J connectivity index is 2.12. The third kappa shape index (κ3) is 5.18. The molecule has 1 fully saturated rings. The molecule has 1 aromatic rings. The van der Waals surface area contributed by atoms with Crippen molar-refractivity contribution < 1.29 is 33.3 Å². The number of amides is 1. The number of hydrogen-bond donors (Lipinski definition) is 3. The van der Waals surface area contributed by atoms with Gasteiger partial charge in [0, 0.05) is 11.8 Å². The molecule has 3 N–H and O–H groups in total. The summed E-state index contributed by atoms with van der Waals surface area (Å²) in [7, 11) is 0. The molecule has 1 amide bonds. The fourth-order valence-electron chi connectivity index (χ4n) is 3.10. The van der Waals surface area contributed by atoms with E-state index in [1.165, 1.54) is 13.8 Å². The van der Waals surface area contributed by atoms with Gasteiger partial charge in [0.25, 0.3) is 5.56 Å². The summed E-state index contributed by atoms with van der Waals surface area (Å²) in [6, 6.07) is -1.09. The van der Waals surface area contributed by atoms with E-state index in [2.05, 4.69) is 5.32 Å². The monoisotopic (exact) mass is 459 g/mol. The first-order valence-electron chi connectivity index (χ1n) is 10.0. The molecule has 32 heavy (non-hydrogen) atoms. The molecule has 1 unspecified atom stereocenters. The summed E-state index contributed by atoms with van der Waals surface area (Å²) in [5, 5.41) is 13.1. The number of carbonyl (C=O) groups is 2. The van der Waals surface area contributed by atoms with Gasteiger partial charge in [-0.25, -0.2) is 18.8 Å². The van der Waals surface area contributed by atoms with E-state index < -0.39 is 65.2 Å². The van der Waals surface area contributed by atoms with Crippen LogP contribution in [0.4, 0.5) is 9.18 Å². The van der Waals surface area contributed by atoms with E-state index in [4.69, 9.17) is 14.2 Å². The van der Waals surface area contributed by atoms with Gasteiger partial charge in [0.1, 0.15) is 30.0 Å². The number of hydrogen-bond acceptors (Lipinski definition) is 8. The van der Waals surface area contributed by atoms with Gasteiger partial charge in [-0.15, -0.1) is 0 Å². The van der Waals surface area contributed by atoms with E-state index in [1.807, 2.05) is 4.98 Å². The molecule has 2 heterocycles. The average Bonchev–Trinajstić information content (AvgIpc) is 2.79. The summed E-state index contributed by atoms with van der Waals surface area (Å²) in [6.07, 6.45) is -2.64. The van der Waals surface area contributed by atoms with Crippen molar-refractivity contribution in [1.82, 2.24) is 14.9 Å². The van der Waals surface area contributed by atoms with Crippen molar-refractivity contribution >= 4 is 12.1 Å². The number of H-pyrrole nitrogens is 1. The molecule has 0 bridgehead atoms. The number of rotatable bonds is 5. The number of halogens is 1. The lowest BCUT2D eigenvalue weighted by molar-refractivity contribution is -0.155. The molecule has 5 atom stereocenters. The molecule has 0 aliphatic carbocycles. The van der Waals surface area contributed by atoms with Crippen LogP contribution in [0.3, 0.4) is 0 Å². The van der Waals surface area contributed by atoms with Crippen molar-refractivity contribution in [3.8, 4) is 0 Å². The predicted molar refractivity (Wildman–Crippen MR) is 110 cm³/mol. The quantitative estimate of drug-likeness (QED) is 0.544. The van der Waals surface area contributed by atoms with Gasteiger partial charge < -0.3 is 24.6 Å². The van der Waals surface area contributed by atoms with Gasteiger partial charge in [-0.3, -0.25) is 14.3 Å². The van der Waals surface area contributed by atoms with Crippen molar-refractivity contribution in [2.24, 2.45) is 0 Å². The zero-order valence-corrected chi connectivity index (χ0v) is 19.1. The van der Waals surface area contributed by atoms with Gasteiger partial charge in [-0.2, -0.15) is 0 Å². The third-order valence-electron chi connectivity index (χ3n) is 5.24. The Morgan fingerprint density at radius 3 is 2.53 bits per heavy atom. The molecule has 0 radical (unpaired) electrons. The Bertz CT molecular complexity index is 992. The minimum atomic E-state index is -2.49. The minimum Gasteiger partial charge on any atom is -0.461 e. The fourth-order valence-corrected chi connectivity index (χ4v) is 3.10. The van der Waals surface area contributed by atoms with Crippen LogP contribution >= 0.6 is 0 Å². The molecule has 0 aromatic carbocycles. The van der Waals surface area contributed by atoms with Crippen molar-refractivity contribution in [1.29, 1.82) is 0 Å². The summed E-state index contributed by atoms with van der Waals surface area (Å²) in [5.74, 6) is -0.865. The highest BCUT2D eigenvalue weighted by Gasteiger charge is 2.63. The number of nitrogens with one attached hydrogen (secondary N) is 2. The van der Waals surface area contributed by atoms with E-state index in [0.717, 1.165) is 24.6 Å². The van der Waals surface area contributed by atoms with Crippen LogP contribution < -0.4 is 16.6 Å². The number of alkyl halides is 1. The highest BCUT2D eigenvalue weighted by molar-refractivity contribution is 5.81. The second-order valence-electron chi connectivity index (χ2n) is 9.18. The molecule has 11 nitrogen and oxygen atoms in total. The van der Waals surface area contributed by atoms with Crippen molar-refractivity contribution in [2.45, 2.75) is 83.7 Å². The average molecular weight is 459 g/mol. The van der Waals surface area contributed by atoms with Crippen LogP contribution in [0.15, 0.2) is 15.8 Å². The number of alkyl carbamates (subject to hydrolysis) is 1. The fraction of sp³-hybridized carbons (Fsp3) is 0.700. The maximum atomic E-state index is 15.6. The molecule has 1 aromatic heterocycles. The molecular weight excluding hydrogens is 429 g/mol. The molecule has 2 rings (SSSR count). The van der Waals surface area contributed by atoms with Crippen LogP contribution in [-0.2, 0) is 19.0 Å². The minimum absolute atomic E-state index is 0.139. The van der Waals surface area contributed by atoms with Gasteiger partial charge in [0.2, 0.25) is 0 Å². The highest BCUT2D eigenvalue weighted by atomic mass is 19.1. The molecule has 12 heteroatoms. The maximum Gasteiger partial charge on any atom is 0.408 e. The van der Waals surface area contributed by atoms with Gasteiger partial charge in [-0.05, 0) is 48.5 Å². The number of nitrogens with zero attached hydrogens (tertiary/aromatic N) is 1. The number of aromatic nitrogens is 2. The van der Waals surface area contributed by atoms with E-state index in [9.17, 15) is 24.3 Å². The number of ether oxygens (including phenoxy) is 3. The van der Waals surface area contributed by atoms with Gasteiger partial charge in [0.15, 0.2) is 11.9 Å². The van der Waals surface area contributed by atoms with Gasteiger partial charge >= 0.3 is 17.8 Å². The Labute approximate surface area is 183 Å². The topological polar surface area (TPSA) is 149 Å². The number of aromatic amines is 1. The molecule has 180 valence electrons. The summed E-state index contributed by atoms with van der Waals surface area (Å²) in [4.78, 5) is 49.9. The molecule has 0 saturated carbocycles. The lowest BCUT2D eigenvalue weighted by Gasteiger charge is -2.33. The van der Waals surface area contributed by atoms with Crippen LogP contribution in [0.5, 0.6) is 0 Å². The Hall–Kier alpha value is -2.73. The lowest BCUT2D eigenvalue weighted by atomic mass is 9.84. The number of aryl methyl sites for hydroxylation is 1. The smallest absolute Gasteiger partial charge is 0.408 e. The van der Waals surface area contributed by atoms with Crippen LogP contribution in [0.25, 0.3) is 0 Å². The van der Waals surface area contributed by atoms with Crippen molar-refractivity contribution in [3.63, 3.8) is 0 Å². The Morgan fingerprint density at radius 2 is 1.97 bits per heavy atom. The summed E-state index contributed by atoms with van der Waals surface area (Å²) >= 11 is 0. The predicted octanol–water partition coefficient (Wildman–Crippen LogP) is 0.678. The zero-order valence-electron chi connectivity index (χ0n) is 19.1. The van der Waals surface area contributed by atoms with E-state index in [-0.39, 0.29) is 5.56 Å². The Kier molecular flexibility index (Phi) is 6.91. The normalized spacial score (nSPS) is 28.8. The van der Waals surface area contributed by atoms with Gasteiger partial charge in [0.05, 0.1) is 0 Å². The molecule has 1 saturated heterocycles. The summed E-state index contributed by atoms with van der Waals surface area (Å²) in [6.45, 7) is 9.41. The van der Waals surface area contributed by atoms with E-state index >= 15 is 4.39 Å². The number of carbonyl (C=O) groups excluding carboxylic acids is 2. The first-order chi connectivity index (χ1) is 14.5. The standard InChI is InChI=1S/C20H30FN3O8/c1-10-8-24(16(27)23-13(10)25)15-19(6,21)20(7,29)12(31-15)9-30-14(26)11(2)22-17(28)32-18(3,4)5/h8,11-12,15,29H,9H2,1-7H3,(H,22,28)(H,23,25,27)/t11?,12-,15-,19+,20+/m1/s1. The SMILES string of the molecule is Cc1cn([C@@H]2O[C@H](COC(=O)C(C)NC(=O)OC(C)(C)C)[C@](C)(O)[C@@]2(C)F)c(=O)[nH]c1=O. The summed E-state index contributed by atoms with van der Waals surface area (Å²) < 4.78 is 32.1. The second-order valence-corrected chi connectivity index (χ2v) is 9.18. The van der Waals surface area contributed by atoms with Gasteiger partial charge in [-0.1, -0.05) is 0 Å². The van der Waals surface area contributed by atoms with E-state index in [0.29, 0.717) is 0 Å². The highest BCUT2D eigenvalue weighted by Crippen LogP contribution is 2.47. The number of esters is 1. The van der Waals surface area contributed by atoms with E-state index in [1.54, 1.807) is 20.8 Å². The molecule has 1 aliphatic rings. The van der Waals surface area contributed by atoms with Crippen molar-refractivity contribution in [3.05, 3.63) is 32.6 Å². The zero-order chi connectivity index (χ0) is 24.6. The summed E-state index contributed by atoms with van der Waals surface area (Å²) in [5.41, 5.74) is -6.82. The second kappa shape index (κ2) is 8.66. The van der Waals surface area contributed by atoms with Crippen LogP contribution in [0.2, 0.25) is 0 Å². The maximum absolute atomic E-state index is 15.6. The lowest BCUT2D eigenvalue weighted by Crippen LogP contribution is -2.53. The molecule has 1 aliphatic heterocycles. The molecular formula is C20H30FN3O8. The van der Waals surface area contributed by atoms with Crippen molar-refractivity contribution in [2.75, 3.05) is 6.61 Å². The number of aliphatic hydroxyl groups is 1. The first kappa shape index (κ1) is 25.5. The third-order valence-corrected chi connectivity index (χ3v) is 5.24.